The van der Waals surface area contributed by atoms with E-state index in [0.717, 1.165) is 25.9 Å². The molecule has 6 nitrogen and oxygen atoms in total. The fourth-order valence-corrected chi connectivity index (χ4v) is 1.99. The Balaban J connectivity index is 1.69. The molecule has 20 heavy (non-hydrogen) atoms. The molecule has 0 atom stereocenters. The van der Waals surface area contributed by atoms with E-state index in [1.807, 2.05) is 0 Å². The molecule has 1 aromatic carbocycles. The van der Waals surface area contributed by atoms with Gasteiger partial charge >= 0.3 is 5.97 Å². The van der Waals surface area contributed by atoms with E-state index in [1.54, 1.807) is 29.2 Å². The number of amides is 1. The third-order valence-electron chi connectivity index (χ3n) is 3.03. The van der Waals surface area contributed by atoms with Gasteiger partial charge in [-0.05, 0) is 25.0 Å². The minimum Gasteiger partial charge on any atom is -0.482 e. The van der Waals surface area contributed by atoms with Crippen LogP contribution in [0.3, 0.4) is 0 Å². The zero-order chi connectivity index (χ0) is 14.4. The van der Waals surface area contributed by atoms with Crippen LogP contribution in [0.15, 0.2) is 24.3 Å². The van der Waals surface area contributed by atoms with E-state index in [0.29, 0.717) is 11.4 Å². The molecule has 6 heteroatoms. The molecule has 2 N–H and O–H groups in total. The van der Waals surface area contributed by atoms with Crippen molar-refractivity contribution in [1.82, 2.24) is 4.90 Å². The number of ether oxygens (including phenoxy) is 2. The molecule has 0 unspecified atom stereocenters. The summed E-state index contributed by atoms with van der Waals surface area (Å²) >= 11 is 0. The zero-order valence-electron chi connectivity index (χ0n) is 11.2. The van der Waals surface area contributed by atoms with Gasteiger partial charge in [0.25, 0.3) is 5.91 Å². The van der Waals surface area contributed by atoms with Crippen molar-refractivity contribution in [3.63, 3.8) is 0 Å². The lowest BCUT2D eigenvalue weighted by atomic mass is 10.3. The SMILES string of the molecule is Nc1cccc(OCC(=O)OCC(=O)N2CCCC2)c1. The van der Waals surface area contributed by atoms with Crippen molar-refractivity contribution >= 4 is 17.6 Å². The minimum absolute atomic E-state index is 0.153. The molecule has 0 saturated carbocycles. The number of hydrogen-bond acceptors (Lipinski definition) is 5. The summed E-state index contributed by atoms with van der Waals surface area (Å²) in [5, 5.41) is 0. The molecule has 1 aliphatic rings. The van der Waals surface area contributed by atoms with E-state index < -0.39 is 5.97 Å². The highest BCUT2D eigenvalue weighted by atomic mass is 16.6. The Kier molecular flexibility index (Phi) is 4.81. The van der Waals surface area contributed by atoms with E-state index in [9.17, 15) is 9.59 Å². The van der Waals surface area contributed by atoms with Crippen LogP contribution < -0.4 is 10.5 Å². The number of nitrogen functional groups attached to an aromatic ring is 1. The van der Waals surface area contributed by atoms with E-state index in [2.05, 4.69) is 0 Å². The van der Waals surface area contributed by atoms with Crippen molar-refractivity contribution in [3.05, 3.63) is 24.3 Å². The molecule has 108 valence electrons. The number of likely N-dealkylation sites (tertiary alicyclic amines) is 1. The normalized spacial score (nSPS) is 14.1. The van der Waals surface area contributed by atoms with Crippen molar-refractivity contribution in [1.29, 1.82) is 0 Å². The maximum absolute atomic E-state index is 11.7. The fourth-order valence-electron chi connectivity index (χ4n) is 1.99. The van der Waals surface area contributed by atoms with Crippen LogP contribution in [0.4, 0.5) is 5.69 Å². The maximum Gasteiger partial charge on any atom is 0.344 e. The molecule has 0 bridgehead atoms. The molecule has 0 aliphatic carbocycles. The van der Waals surface area contributed by atoms with Crippen molar-refractivity contribution in [2.45, 2.75) is 12.8 Å². The second-order valence-corrected chi connectivity index (χ2v) is 4.61. The van der Waals surface area contributed by atoms with Gasteiger partial charge in [-0.25, -0.2) is 4.79 Å². The van der Waals surface area contributed by atoms with Crippen LogP contribution in [0.25, 0.3) is 0 Å². The van der Waals surface area contributed by atoms with Crippen LogP contribution in [0.1, 0.15) is 12.8 Å². The first kappa shape index (κ1) is 14.2. The van der Waals surface area contributed by atoms with Gasteiger partial charge in [-0.2, -0.15) is 0 Å². The van der Waals surface area contributed by atoms with Gasteiger partial charge in [0.05, 0.1) is 0 Å². The molecular formula is C14H18N2O4. The van der Waals surface area contributed by atoms with Crippen LogP contribution in [0.2, 0.25) is 0 Å². The Morgan fingerprint density at radius 1 is 1.20 bits per heavy atom. The minimum atomic E-state index is -0.569. The van der Waals surface area contributed by atoms with E-state index >= 15 is 0 Å². The number of carbonyl (C=O) groups excluding carboxylic acids is 2. The summed E-state index contributed by atoms with van der Waals surface area (Å²) in [6.45, 7) is 1.03. The zero-order valence-corrected chi connectivity index (χ0v) is 11.2. The lowest BCUT2D eigenvalue weighted by Gasteiger charge is -2.15. The van der Waals surface area contributed by atoms with Gasteiger partial charge in [0.2, 0.25) is 0 Å². The fraction of sp³-hybridized carbons (Fsp3) is 0.429. The highest BCUT2D eigenvalue weighted by Crippen LogP contribution is 2.14. The smallest absolute Gasteiger partial charge is 0.344 e. The maximum atomic E-state index is 11.7. The lowest BCUT2D eigenvalue weighted by molar-refractivity contribution is -0.153. The van der Waals surface area contributed by atoms with Gasteiger partial charge in [0.15, 0.2) is 13.2 Å². The number of nitrogens with two attached hydrogens (primary N) is 1. The number of anilines is 1. The van der Waals surface area contributed by atoms with E-state index in [4.69, 9.17) is 15.2 Å². The van der Waals surface area contributed by atoms with Gasteiger partial charge < -0.3 is 20.1 Å². The standard InChI is InChI=1S/C14H18N2O4/c15-11-4-3-5-12(8-11)19-10-14(18)20-9-13(17)16-6-1-2-7-16/h3-5,8H,1-2,6-7,9-10,15H2. The third kappa shape index (κ3) is 4.15. The van der Waals surface area contributed by atoms with Crippen LogP contribution in [0, 0.1) is 0 Å². The van der Waals surface area contributed by atoms with Gasteiger partial charge in [-0.1, -0.05) is 6.07 Å². The van der Waals surface area contributed by atoms with Crippen LogP contribution in [-0.4, -0.2) is 43.1 Å². The predicted molar refractivity (Wildman–Crippen MR) is 73.1 cm³/mol. The topological polar surface area (TPSA) is 81.9 Å². The average Bonchev–Trinajstić information content (AvgIpc) is 2.97. The largest absolute Gasteiger partial charge is 0.482 e. The van der Waals surface area contributed by atoms with Crippen LogP contribution in [0.5, 0.6) is 5.75 Å². The number of rotatable bonds is 5. The van der Waals surface area contributed by atoms with Gasteiger partial charge in [0.1, 0.15) is 5.75 Å². The Morgan fingerprint density at radius 2 is 1.95 bits per heavy atom. The van der Waals surface area contributed by atoms with Gasteiger partial charge in [0, 0.05) is 24.8 Å². The Morgan fingerprint density at radius 3 is 2.65 bits per heavy atom. The molecule has 1 saturated heterocycles. The van der Waals surface area contributed by atoms with Crippen molar-refractivity contribution in [3.8, 4) is 5.75 Å². The van der Waals surface area contributed by atoms with Crippen LogP contribution >= 0.6 is 0 Å². The lowest BCUT2D eigenvalue weighted by Crippen LogP contribution is -2.32. The Hall–Kier alpha value is -2.24. The first-order valence-electron chi connectivity index (χ1n) is 6.57. The molecule has 0 radical (unpaired) electrons. The molecule has 1 amide bonds. The summed E-state index contributed by atoms with van der Waals surface area (Å²) < 4.78 is 10.1. The highest BCUT2D eigenvalue weighted by molar-refractivity contribution is 5.81. The first-order chi connectivity index (χ1) is 9.65. The molecule has 0 spiro atoms. The van der Waals surface area contributed by atoms with Crippen molar-refractivity contribution in [2.75, 3.05) is 32.0 Å². The quantitative estimate of drug-likeness (QED) is 0.637. The molecule has 0 aromatic heterocycles. The van der Waals surface area contributed by atoms with Gasteiger partial charge in [-0.3, -0.25) is 4.79 Å². The Labute approximate surface area is 117 Å². The predicted octanol–water partition coefficient (Wildman–Crippen LogP) is 0.813. The number of hydrogen-bond donors (Lipinski definition) is 1. The second-order valence-electron chi connectivity index (χ2n) is 4.61. The first-order valence-corrected chi connectivity index (χ1v) is 6.57. The summed E-state index contributed by atoms with van der Waals surface area (Å²) in [5.74, 6) is -0.229. The van der Waals surface area contributed by atoms with Crippen molar-refractivity contribution in [2.24, 2.45) is 0 Å². The second kappa shape index (κ2) is 6.79. The van der Waals surface area contributed by atoms with E-state index in [-0.39, 0.29) is 19.1 Å². The molecular weight excluding hydrogens is 260 g/mol. The number of carbonyl (C=O) groups is 2. The summed E-state index contributed by atoms with van der Waals surface area (Å²) in [6, 6.07) is 6.76. The molecule has 1 heterocycles. The summed E-state index contributed by atoms with van der Waals surface area (Å²) in [5.41, 5.74) is 6.14. The van der Waals surface area contributed by atoms with Crippen molar-refractivity contribution < 1.29 is 19.1 Å². The van der Waals surface area contributed by atoms with Crippen LogP contribution in [-0.2, 0) is 14.3 Å². The molecule has 1 aliphatic heterocycles. The average molecular weight is 278 g/mol. The highest BCUT2D eigenvalue weighted by Gasteiger charge is 2.19. The Bertz CT molecular complexity index is 484. The summed E-state index contributed by atoms with van der Waals surface area (Å²) in [4.78, 5) is 24.8. The third-order valence-corrected chi connectivity index (χ3v) is 3.03. The number of benzene rings is 1. The molecule has 2 rings (SSSR count). The summed E-state index contributed by atoms with van der Waals surface area (Å²) in [6.07, 6.45) is 2.02. The van der Waals surface area contributed by atoms with Gasteiger partial charge in [-0.15, -0.1) is 0 Å². The summed E-state index contributed by atoms with van der Waals surface area (Å²) in [7, 11) is 0. The molecule has 1 fully saturated rings. The number of nitrogens with zero attached hydrogens (tertiary/aromatic N) is 1. The molecule has 1 aromatic rings. The number of esters is 1. The monoisotopic (exact) mass is 278 g/mol. The van der Waals surface area contributed by atoms with E-state index in [1.165, 1.54) is 0 Å².